The summed E-state index contributed by atoms with van der Waals surface area (Å²) in [5.74, 6) is 0.875. The van der Waals surface area contributed by atoms with Crippen LogP contribution in [0.3, 0.4) is 0 Å². The molecule has 0 radical (unpaired) electrons. The number of nitrogens with zero attached hydrogens (tertiary/aromatic N) is 2. The molecule has 1 fully saturated rings. The number of anilines is 1. The Balaban J connectivity index is 0.00000306. The SMILES string of the molecule is CCCCOc1ccc(N(C)CCC2(O)CCN(Cc3ccc(C(F)(F)F)cc3)CC2)cc1.Cl.Cl. The molecule has 1 aliphatic rings. The van der Waals surface area contributed by atoms with E-state index in [1.54, 1.807) is 12.1 Å². The summed E-state index contributed by atoms with van der Waals surface area (Å²) >= 11 is 0. The van der Waals surface area contributed by atoms with Gasteiger partial charge in [0.05, 0.1) is 17.8 Å². The molecule has 1 aliphatic heterocycles. The molecule has 0 saturated carbocycles. The van der Waals surface area contributed by atoms with Crippen LogP contribution in [-0.4, -0.2) is 48.9 Å². The molecule has 2 aromatic rings. The van der Waals surface area contributed by atoms with E-state index in [9.17, 15) is 18.3 Å². The van der Waals surface area contributed by atoms with E-state index in [1.807, 2.05) is 31.3 Å². The van der Waals surface area contributed by atoms with Gasteiger partial charge in [0.15, 0.2) is 0 Å². The van der Waals surface area contributed by atoms with Crippen molar-refractivity contribution in [2.75, 3.05) is 38.2 Å². The molecular formula is C26H37Cl2F3N2O2. The van der Waals surface area contributed by atoms with E-state index in [0.717, 1.165) is 68.2 Å². The lowest BCUT2D eigenvalue weighted by atomic mass is 9.88. The van der Waals surface area contributed by atoms with Gasteiger partial charge in [-0.3, -0.25) is 4.90 Å². The van der Waals surface area contributed by atoms with Crippen LogP contribution in [0.5, 0.6) is 5.75 Å². The van der Waals surface area contributed by atoms with Crippen LogP contribution in [-0.2, 0) is 12.7 Å². The quantitative estimate of drug-likeness (QED) is 0.348. The summed E-state index contributed by atoms with van der Waals surface area (Å²) in [6.07, 6.45) is -0.167. The van der Waals surface area contributed by atoms with Crippen LogP contribution in [0.4, 0.5) is 18.9 Å². The van der Waals surface area contributed by atoms with Crippen molar-refractivity contribution in [3.63, 3.8) is 0 Å². The van der Waals surface area contributed by atoms with Gasteiger partial charge in [0, 0.05) is 38.9 Å². The standard InChI is InChI=1S/C26H35F3N2O2.2ClH/c1-3-4-19-33-24-11-9-23(10-12-24)30(2)16-13-25(32)14-17-31(18-15-25)20-21-5-7-22(8-6-21)26(27,28)29;;/h5-12,32H,3-4,13-20H2,1-2H3;2*1H. The largest absolute Gasteiger partial charge is 0.494 e. The van der Waals surface area contributed by atoms with Crippen molar-refractivity contribution in [2.24, 2.45) is 0 Å². The number of benzene rings is 2. The molecule has 0 aromatic heterocycles. The van der Waals surface area contributed by atoms with Gasteiger partial charge in [-0.1, -0.05) is 25.5 Å². The summed E-state index contributed by atoms with van der Waals surface area (Å²) in [5, 5.41) is 11.0. The zero-order valence-corrected chi connectivity index (χ0v) is 22.0. The maximum atomic E-state index is 12.7. The number of aliphatic hydroxyl groups is 1. The van der Waals surface area contributed by atoms with E-state index < -0.39 is 17.3 Å². The van der Waals surface area contributed by atoms with Crippen LogP contribution in [0.2, 0.25) is 0 Å². The van der Waals surface area contributed by atoms with Crippen LogP contribution in [0.15, 0.2) is 48.5 Å². The fourth-order valence-electron chi connectivity index (χ4n) is 4.07. The Kier molecular flexibility index (Phi) is 12.7. The van der Waals surface area contributed by atoms with Gasteiger partial charge in [0.1, 0.15) is 5.75 Å². The number of likely N-dealkylation sites (tertiary alicyclic amines) is 1. The molecular weight excluding hydrogens is 500 g/mol. The summed E-state index contributed by atoms with van der Waals surface area (Å²) in [5.41, 5.74) is 0.604. The summed E-state index contributed by atoms with van der Waals surface area (Å²) in [4.78, 5) is 4.33. The summed E-state index contributed by atoms with van der Waals surface area (Å²) < 4.78 is 43.9. The Morgan fingerprint density at radius 2 is 1.60 bits per heavy atom. The van der Waals surface area contributed by atoms with E-state index in [4.69, 9.17) is 4.74 Å². The minimum atomic E-state index is -4.31. The van der Waals surface area contributed by atoms with Crippen molar-refractivity contribution < 1.29 is 23.0 Å². The van der Waals surface area contributed by atoms with Crippen LogP contribution in [0, 0.1) is 0 Å². The molecule has 0 unspecified atom stereocenters. The highest BCUT2D eigenvalue weighted by atomic mass is 35.5. The van der Waals surface area contributed by atoms with E-state index in [0.29, 0.717) is 25.8 Å². The second kappa shape index (κ2) is 14.2. The fourth-order valence-corrected chi connectivity index (χ4v) is 4.07. The Morgan fingerprint density at radius 1 is 1.00 bits per heavy atom. The number of halogens is 5. The molecule has 0 amide bonds. The van der Waals surface area contributed by atoms with Crippen molar-refractivity contribution in [2.45, 2.75) is 57.3 Å². The number of hydrogen-bond acceptors (Lipinski definition) is 4. The average Bonchev–Trinajstić information content (AvgIpc) is 2.80. The summed E-state index contributed by atoms with van der Waals surface area (Å²) in [7, 11) is 2.02. The van der Waals surface area contributed by atoms with Gasteiger partial charge in [-0.2, -0.15) is 13.2 Å². The molecule has 0 bridgehead atoms. The van der Waals surface area contributed by atoms with Gasteiger partial charge >= 0.3 is 6.18 Å². The fraction of sp³-hybridized carbons (Fsp3) is 0.538. The number of unbranched alkanes of at least 4 members (excludes halogenated alkanes) is 1. The first-order valence-electron chi connectivity index (χ1n) is 11.7. The lowest BCUT2D eigenvalue weighted by Crippen LogP contribution is -2.45. The third kappa shape index (κ3) is 9.71. The number of ether oxygens (including phenoxy) is 1. The van der Waals surface area contributed by atoms with Crippen LogP contribution >= 0.6 is 24.8 Å². The third-order valence-electron chi connectivity index (χ3n) is 6.43. The van der Waals surface area contributed by atoms with Gasteiger partial charge < -0.3 is 14.7 Å². The first kappa shape index (κ1) is 31.4. The lowest BCUT2D eigenvalue weighted by molar-refractivity contribution is -0.137. The second-order valence-corrected chi connectivity index (χ2v) is 9.06. The highest BCUT2D eigenvalue weighted by Crippen LogP contribution is 2.30. The molecule has 0 aliphatic carbocycles. The third-order valence-corrected chi connectivity index (χ3v) is 6.43. The number of alkyl halides is 3. The van der Waals surface area contributed by atoms with E-state index >= 15 is 0 Å². The monoisotopic (exact) mass is 536 g/mol. The van der Waals surface area contributed by atoms with Crippen LogP contribution < -0.4 is 9.64 Å². The predicted molar refractivity (Wildman–Crippen MR) is 140 cm³/mol. The highest BCUT2D eigenvalue weighted by molar-refractivity contribution is 5.85. The molecule has 3 rings (SSSR count). The van der Waals surface area contributed by atoms with Gasteiger partial charge in [-0.05, 0) is 67.6 Å². The van der Waals surface area contributed by atoms with Gasteiger partial charge in [0.2, 0.25) is 0 Å². The topological polar surface area (TPSA) is 35.9 Å². The van der Waals surface area contributed by atoms with E-state index in [2.05, 4.69) is 16.7 Å². The minimum absolute atomic E-state index is 0. The van der Waals surface area contributed by atoms with Gasteiger partial charge in [0.25, 0.3) is 0 Å². The molecule has 1 N–H and O–H groups in total. The highest BCUT2D eigenvalue weighted by Gasteiger charge is 2.33. The Morgan fingerprint density at radius 3 is 2.14 bits per heavy atom. The second-order valence-electron chi connectivity index (χ2n) is 9.06. The smallest absolute Gasteiger partial charge is 0.416 e. The Bertz CT molecular complexity index is 856. The molecule has 198 valence electrons. The van der Waals surface area contributed by atoms with Crippen LogP contribution in [0.25, 0.3) is 0 Å². The zero-order valence-electron chi connectivity index (χ0n) is 20.4. The molecule has 2 aromatic carbocycles. The molecule has 1 saturated heterocycles. The van der Waals surface area contributed by atoms with Gasteiger partial charge in [-0.15, -0.1) is 24.8 Å². The van der Waals surface area contributed by atoms with Crippen molar-refractivity contribution in [1.29, 1.82) is 0 Å². The molecule has 9 heteroatoms. The Hall–Kier alpha value is -1.67. The molecule has 0 atom stereocenters. The molecule has 1 heterocycles. The minimum Gasteiger partial charge on any atom is -0.494 e. The maximum absolute atomic E-state index is 12.7. The first-order chi connectivity index (χ1) is 15.7. The lowest BCUT2D eigenvalue weighted by Gasteiger charge is -2.39. The normalized spacial score (nSPS) is 15.6. The Labute approximate surface area is 219 Å². The van der Waals surface area contributed by atoms with Crippen LogP contribution in [0.1, 0.15) is 50.2 Å². The van der Waals surface area contributed by atoms with E-state index in [-0.39, 0.29) is 24.8 Å². The molecule has 4 nitrogen and oxygen atoms in total. The van der Waals surface area contributed by atoms with Gasteiger partial charge in [-0.25, -0.2) is 0 Å². The average molecular weight is 537 g/mol. The number of rotatable bonds is 10. The maximum Gasteiger partial charge on any atom is 0.416 e. The summed E-state index contributed by atoms with van der Waals surface area (Å²) in [6, 6.07) is 13.4. The number of hydrogen-bond donors (Lipinski definition) is 1. The summed E-state index contributed by atoms with van der Waals surface area (Å²) in [6.45, 7) is 5.66. The predicted octanol–water partition coefficient (Wildman–Crippen LogP) is 6.58. The first-order valence-corrected chi connectivity index (χ1v) is 11.7. The molecule has 35 heavy (non-hydrogen) atoms. The van der Waals surface area contributed by atoms with Crippen molar-refractivity contribution in [3.8, 4) is 5.75 Å². The number of piperidine rings is 1. The van der Waals surface area contributed by atoms with E-state index in [1.165, 1.54) is 0 Å². The molecule has 0 spiro atoms. The van der Waals surface area contributed by atoms with Crippen molar-refractivity contribution in [3.05, 3.63) is 59.7 Å². The zero-order chi connectivity index (χ0) is 23.9. The van der Waals surface area contributed by atoms with Crippen molar-refractivity contribution >= 4 is 30.5 Å². The van der Waals surface area contributed by atoms with Crippen molar-refractivity contribution in [1.82, 2.24) is 4.90 Å².